The molecule has 2 aromatic carbocycles. The lowest BCUT2D eigenvalue weighted by molar-refractivity contribution is -0.117. The average Bonchev–Trinajstić information content (AvgIpc) is 2.48. The molecule has 3 heteroatoms. The van der Waals surface area contributed by atoms with E-state index >= 15 is 0 Å². The Bertz CT molecular complexity index is 649. The van der Waals surface area contributed by atoms with Crippen molar-refractivity contribution >= 4 is 17.3 Å². The molecule has 1 unspecified atom stereocenters. The van der Waals surface area contributed by atoms with Crippen molar-refractivity contribution < 1.29 is 4.79 Å². The molecule has 3 N–H and O–H groups in total. The third-order valence-electron chi connectivity index (χ3n) is 3.79. The smallest absolute Gasteiger partial charge is 0.231 e. The van der Waals surface area contributed by atoms with Gasteiger partial charge in [-0.25, -0.2) is 0 Å². The first-order valence-corrected chi connectivity index (χ1v) is 7.27. The van der Waals surface area contributed by atoms with Gasteiger partial charge in [0.25, 0.3) is 0 Å². The van der Waals surface area contributed by atoms with Crippen molar-refractivity contribution in [2.24, 2.45) is 0 Å². The summed E-state index contributed by atoms with van der Waals surface area (Å²) in [5.41, 5.74) is 10.6. The van der Waals surface area contributed by atoms with Gasteiger partial charge in [-0.2, -0.15) is 0 Å². The molecule has 2 rings (SSSR count). The highest BCUT2D eigenvalue weighted by molar-refractivity contribution is 5.97. The Kier molecular flexibility index (Phi) is 4.63. The highest BCUT2D eigenvalue weighted by Gasteiger charge is 2.17. The minimum Gasteiger partial charge on any atom is -0.399 e. The first-order chi connectivity index (χ1) is 10.0. The molecule has 3 nitrogen and oxygen atoms in total. The number of carbonyl (C=O) groups is 1. The van der Waals surface area contributed by atoms with Gasteiger partial charge in [-0.05, 0) is 49.1 Å². The van der Waals surface area contributed by atoms with E-state index in [-0.39, 0.29) is 11.8 Å². The topological polar surface area (TPSA) is 55.1 Å². The lowest BCUT2D eigenvalue weighted by atomic mass is 9.98. The number of nitrogen functional groups attached to an aromatic ring is 1. The van der Waals surface area contributed by atoms with Crippen LogP contribution in [0, 0.1) is 6.92 Å². The van der Waals surface area contributed by atoms with E-state index in [1.54, 1.807) is 0 Å². The van der Waals surface area contributed by atoms with Gasteiger partial charge in [0, 0.05) is 11.4 Å². The number of nitrogens with two attached hydrogens (primary N) is 1. The van der Waals surface area contributed by atoms with E-state index in [1.165, 1.54) is 0 Å². The van der Waals surface area contributed by atoms with Crippen molar-refractivity contribution in [1.82, 2.24) is 0 Å². The van der Waals surface area contributed by atoms with Gasteiger partial charge in [-0.15, -0.1) is 0 Å². The van der Waals surface area contributed by atoms with Crippen LogP contribution in [-0.2, 0) is 11.2 Å². The number of amides is 1. The summed E-state index contributed by atoms with van der Waals surface area (Å²) in [7, 11) is 0. The zero-order valence-corrected chi connectivity index (χ0v) is 12.8. The number of hydrogen-bond acceptors (Lipinski definition) is 2. The fourth-order valence-electron chi connectivity index (χ4n) is 2.41. The summed E-state index contributed by atoms with van der Waals surface area (Å²) < 4.78 is 0. The van der Waals surface area contributed by atoms with Gasteiger partial charge < -0.3 is 11.1 Å². The van der Waals surface area contributed by atoms with Crippen LogP contribution in [0.4, 0.5) is 11.4 Å². The Morgan fingerprint density at radius 2 is 1.95 bits per heavy atom. The summed E-state index contributed by atoms with van der Waals surface area (Å²) >= 11 is 0. The normalized spacial score (nSPS) is 12.0. The first kappa shape index (κ1) is 15.1. The molecule has 0 aliphatic heterocycles. The van der Waals surface area contributed by atoms with Crippen molar-refractivity contribution in [2.45, 2.75) is 33.1 Å². The molecule has 0 spiro atoms. The van der Waals surface area contributed by atoms with E-state index in [1.807, 2.05) is 56.3 Å². The summed E-state index contributed by atoms with van der Waals surface area (Å²) in [6.07, 6.45) is 0.893. The number of carbonyl (C=O) groups excluding carboxylic acids is 1. The van der Waals surface area contributed by atoms with Crippen LogP contribution in [0.15, 0.2) is 42.5 Å². The van der Waals surface area contributed by atoms with Gasteiger partial charge in [0.15, 0.2) is 0 Å². The molecule has 0 fully saturated rings. The van der Waals surface area contributed by atoms with E-state index in [2.05, 4.69) is 12.2 Å². The van der Waals surface area contributed by atoms with E-state index < -0.39 is 0 Å². The number of anilines is 2. The molecule has 21 heavy (non-hydrogen) atoms. The predicted octanol–water partition coefficient (Wildman–Crippen LogP) is 3.88. The van der Waals surface area contributed by atoms with E-state index in [0.717, 1.165) is 28.8 Å². The zero-order valence-electron chi connectivity index (χ0n) is 12.8. The number of para-hydroxylation sites is 1. The fraction of sp³-hybridized carbons (Fsp3) is 0.278. The van der Waals surface area contributed by atoms with Crippen molar-refractivity contribution in [2.75, 3.05) is 11.1 Å². The second-order valence-electron chi connectivity index (χ2n) is 5.34. The van der Waals surface area contributed by atoms with Crippen LogP contribution in [-0.4, -0.2) is 5.91 Å². The van der Waals surface area contributed by atoms with Crippen LogP contribution in [0.3, 0.4) is 0 Å². The second kappa shape index (κ2) is 6.44. The van der Waals surface area contributed by atoms with Crippen LogP contribution in [0.1, 0.15) is 36.5 Å². The Labute approximate surface area is 126 Å². The first-order valence-electron chi connectivity index (χ1n) is 7.27. The third kappa shape index (κ3) is 3.43. The summed E-state index contributed by atoms with van der Waals surface area (Å²) in [5.74, 6) is -0.248. The third-order valence-corrected chi connectivity index (χ3v) is 3.79. The minimum absolute atomic E-state index is 0.00963. The molecule has 1 atom stereocenters. The van der Waals surface area contributed by atoms with Crippen molar-refractivity contribution in [3.8, 4) is 0 Å². The van der Waals surface area contributed by atoms with Crippen molar-refractivity contribution in [1.29, 1.82) is 0 Å². The van der Waals surface area contributed by atoms with Crippen LogP contribution >= 0.6 is 0 Å². The lowest BCUT2D eigenvalue weighted by Crippen LogP contribution is -2.20. The number of benzene rings is 2. The quantitative estimate of drug-likeness (QED) is 0.836. The maximum atomic E-state index is 12.5. The number of nitrogens with one attached hydrogen (secondary N) is 1. The number of rotatable bonds is 4. The molecule has 110 valence electrons. The molecular weight excluding hydrogens is 260 g/mol. The number of aryl methyl sites for hydroxylation is 2. The van der Waals surface area contributed by atoms with Crippen molar-refractivity contribution in [3.63, 3.8) is 0 Å². The molecule has 0 saturated heterocycles. The molecule has 0 saturated carbocycles. The maximum Gasteiger partial charge on any atom is 0.231 e. The summed E-state index contributed by atoms with van der Waals surface area (Å²) in [4.78, 5) is 12.5. The second-order valence-corrected chi connectivity index (χ2v) is 5.34. The Morgan fingerprint density at radius 1 is 1.24 bits per heavy atom. The highest BCUT2D eigenvalue weighted by atomic mass is 16.1. The van der Waals surface area contributed by atoms with Gasteiger partial charge in [0.2, 0.25) is 5.91 Å². The Morgan fingerprint density at radius 3 is 2.62 bits per heavy atom. The number of hydrogen-bond donors (Lipinski definition) is 2. The summed E-state index contributed by atoms with van der Waals surface area (Å²) in [5, 5.41) is 3.07. The lowest BCUT2D eigenvalue weighted by Gasteiger charge is -2.17. The summed E-state index contributed by atoms with van der Waals surface area (Å²) in [6, 6.07) is 13.6. The van der Waals surface area contributed by atoms with Gasteiger partial charge in [-0.3, -0.25) is 4.79 Å². The molecule has 0 bridgehead atoms. The molecule has 0 radical (unpaired) electrons. The molecule has 2 aromatic rings. The largest absolute Gasteiger partial charge is 0.399 e. The molecule has 0 heterocycles. The van der Waals surface area contributed by atoms with Gasteiger partial charge in [0.05, 0.1) is 5.92 Å². The van der Waals surface area contributed by atoms with E-state index in [4.69, 9.17) is 5.73 Å². The average molecular weight is 282 g/mol. The molecule has 0 aliphatic carbocycles. The van der Waals surface area contributed by atoms with Crippen LogP contribution in [0.5, 0.6) is 0 Å². The molecule has 1 amide bonds. The molecular formula is C18H22N2O. The minimum atomic E-state index is -0.238. The Balaban J connectivity index is 2.22. The monoisotopic (exact) mass is 282 g/mol. The molecule has 0 aliphatic rings. The van der Waals surface area contributed by atoms with Gasteiger partial charge >= 0.3 is 0 Å². The van der Waals surface area contributed by atoms with E-state index in [0.29, 0.717) is 5.69 Å². The van der Waals surface area contributed by atoms with Crippen LogP contribution in [0.2, 0.25) is 0 Å². The molecule has 0 aromatic heterocycles. The predicted molar refractivity (Wildman–Crippen MR) is 88.5 cm³/mol. The van der Waals surface area contributed by atoms with Crippen LogP contribution < -0.4 is 11.1 Å². The fourth-order valence-corrected chi connectivity index (χ4v) is 2.41. The highest BCUT2D eigenvalue weighted by Crippen LogP contribution is 2.24. The Hall–Kier alpha value is -2.29. The maximum absolute atomic E-state index is 12.5. The standard InChI is InChI=1S/C18H22N2O/c1-4-14-8-5-7-12(2)17(14)20-18(21)13(3)15-9-6-10-16(19)11-15/h5-11,13H,4,19H2,1-3H3,(H,20,21). The van der Waals surface area contributed by atoms with Gasteiger partial charge in [-0.1, -0.05) is 37.3 Å². The zero-order chi connectivity index (χ0) is 15.4. The summed E-state index contributed by atoms with van der Waals surface area (Å²) in [6.45, 7) is 6.00. The SMILES string of the molecule is CCc1cccc(C)c1NC(=O)C(C)c1cccc(N)c1. The van der Waals surface area contributed by atoms with E-state index in [9.17, 15) is 4.79 Å². The van der Waals surface area contributed by atoms with Crippen LogP contribution in [0.25, 0.3) is 0 Å². The van der Waals surface area contributed by atoms with Gasteiger partial charge in [0.1, 0.15) is 0 Å². The van der Waals surface area contributed by atoms with Crippen molar-refractivity contribution in [3.05, 3.63) is 59.2 Å².